The van der Waals surface area contributed by atoms with Gasteiger partial charge in [-0.2, -0.15) is 4.98 Å². The first-order valence-electron chi connectivity index (χ1n) is 7.64. The van der Waals surface area contributed by atoms with Gasteiger partial charge >= 0.3 is 0 Å². The van der Waals surface area contributed by atoms with Crippen LogP contribution in [0, 0.1) is 6.92 Å². The summed E-state index contributed by atoms with van der Waals surface area (Å²) >= 11 is 0. The minimum absolute atomic E-state index is 0.190. The lowest BCUT2D eigenvalue weighted by molar-refractivity contribution is 0.173. The molecule has 0 saturated carbocycles. The molecule has 2 heterocycles. The second-order valence-electron chi connectivity index (χ2n) is 5.82. The molecule has 0 radical (unpaired) electrons. The van der Waals surface area contributed by atoms with Crippen molar-refractivity contribution in [2.45, 2.75) is 25.5 Å². The smallest absolute Gasteiger partial charge is 0.257 e. The summed E-state index contributed by atoms with van der Waals surface area (Å²) in [5.41, 5.74) is 2.11. The van der Waals surface area contributed by atoms with Crippen molar-refractivity contribution >= 4 is 0 Å². The molecule has 2 unspecified atom stereocenters. The van der Waals surface area contributed by atoms with Crippen LogP contribution >= 0.6 is 0 Å². The molecule has 22 heavy (non-hydrogen) atoms. The van der Waals surface area contributed by atoms with Crippen molar-refractivity contribution in [1.29, 1.82) is 0 Å². The quantitative estimate of drug-likeness (QED) is 0.869. The third kappa shape index (κ3) is 3.35. The van der Waals surface area contributed by atoms with E-state index < -0.39 is 0 Å². The van der Waals surface area contributed by atoms with Crippen molar-refractivity contribution in [2.75, 3.05) is 26.7 Å². The third-order valence-corrected chi connectivity index (χ3v) is 4.10. The number of benzene rings is 1. The average molecular weight is 302 g/mol. The number of rotatable bonds is 5. The maximum atomic E-state index is 9.66. The Kier molecular flexibility index (Phi) is 4.52. The molecule has 1 fully saturated rings. The minimum atomic E-state index is -0.190. The lowest BCUT2D eigenvalue weighted by atomic mass is 10.0. The SMILES string of the molecule is CNC(CN1CCC(O)C1)c1cccc(-c2nc(C)no2)c1. The number of hydrogen-bond donors (Lipinski definition) is 2. The van der Waals surface area contributed by atoms with Crippen LogP contribution in [-0.2, 0) is 0 Å². The standard InChI is InChI=1S/C16H22N4O2/c1-11-18-16(22-19-11)13-5-3-4-12(8-13)15(17-2)10-20-7-6-14(21)9-20/h3-5,8,14-15,17,21H,6-7,9-10H2,1-2H3. The van der Waals surface area contributed by atoms with Gasteiger partial charge in [0.1, 0.15) is 0 Å². The van der Waals surface area contributed by atoms with Crippen LogP contribution in [0.5, 0.6) is 0 Å². The molecule has 2 N–H and O–H groups in total. The molecule has 0 amide bonds. The number of likely N-dealkylation sites (N-methyl/N-ethyl adjacent to an activating group) is 1. The zero-order valence-corrected chi connectivity index (χ0v) is 13.0. The van der Waals surface area contributed by atoms with E-state index in [1.165, 1.54) is 5.56 Å². The Balaban J connectivity index is 1.77. The summed E-state index contributed by atoms with van der Waals surface area (Å²) in [5, 5.41) is 16.9. The zero-order chi connectivity index (χ0) is 15.5. The van der Waals surface area contributed by atoms with Crippen LogP contribution in [0.2, 0.25) is 0 Å². The molecule has 3 rings (SSSR count). The molecule has 1 aromatic heterocycles. The largest absolute Gasteiger partial charge is 0.392 e. The van der Waals surface area contributed by atoms with E-state index in [4.69, 9.17) is 4.52 Å². The van der Waals surface area contributed by atoms with Gasteiger partial charge in [0.25, 0.3) is 5.89 Å². The maximum absolute atomic E-state index is 9.66. The Labute approximate surface area is 130 Å². The molecular formula is C16H22N4O2. The fourth-order valence-corrected chi connectivity index (χ4v) is 2.90. The van der Waals surface area contributed by atoms with Crippen molar-refractivity contribution in [3.8, 4) is 11.5 Å². The molecule has 6 heteroatoms. The first-order chi connectivity index (χ1) is 10.7. The predicted molar refractivity (Wildman–Crippen MR) is 83.3 cm³/mol. The van der Waals surface area contributed by atoms with Gasteiger partial charge in [0.05, 0.1) is 6.10 Å². The summed E-state index contributed by atoms with van der Waals surface area (Å²) in [6, 6.07) is 8.37. The van der Waals surface area contributed by atoms with Gasteiger partial charge in [-0.15, -0.1) is 0 Å². The number of likely N-dealkylation sites (tertiary alicyclic amines) is 1. The summed E-state index contributed by atoms with van der Waals surface area (Å²) in [5.74, 6) is 1.18. The van der Waals surface area contributed by atoms with Gasteiger partial charge < -0.3 is 14.9 Å². The third-order valence-electron chi connectivity index (χ3n) is 4.10. The number of aromatic nitrogens is 2. The Bertz CT molecular complexity index is 628. The first kappa shape index (κ1) is 15.1. The molecule has 2 atom stereocenters. The number of nitrogens with zero attached hydrogens (tertiary/aromatic N) is 3. The Morgan fingerprint density at radius 3 is 3.00 bits per heavy atom. The number of aryl methyl sites for hydroxylation is 1. The van der Waals surface area contributed by atoms with E-state index in [1.54, 1.807) is 0 Å². The predicted octanol–water partition coefficient (Wildman–Crippen LogP) is 1.37. The fourth-order valence-electron chi connectivity index (χ4n) is 2.90. The van der Waals surface area contributed by atoms with Crippen LogP contribution in [0.25, 0.3) is 11.5 Å². The van der Waals surface area contributed by atoms with Crippen LogP contribution in [0.4, 0.5) is 0 Å². The molecule has 0 spiro atoms. The molecule has 118 valence electrons. The summed E-state index contributed by atoms with van der Waals surface area (Å²) in [6.07, 6.45) is 0.669. The highest BCUT2D eigenvalue weighted by atomic mass is 16.5. The van der Waals surface area contributed by atoms with E-state index in [0.717, 1.165) is 31.6 Å². The van der Waals surface area contributed by atoms with Crippen molar-refractivity contribution in [2.24, 2.45) is 0 Å². The van der Waals surface area contributed by atoms with Gasteiger partial charge in [0.15, 0.2) is 5.82 Å². The van der Waals surface area contributed by atoms with Gasteiger partial charge in [-0.3, -0.25) is 4.90 Å². The first-order valence-corrected chi connectivity index (χ1v) is 7.64. The van der Waals surface area contributed by atoms with E-state index >= 15 is 0 Å². The lowest BCUT2D eigenvalue weighted by Crippen LogP contribution is -2.33. The van der Waals surface area contributed by atoms with Crippen LogP contribution in [-0.4, -0.2) is 52.9 Å². The molecule has 1 aliphatic rings. The van der Waals surface area contributed by atoms with E-state index in [9.17, 15) is 5.11 Å². The van der Waals surface area contributed by atoms with Crippen LogP contribution in [0.15, 0.2) is 28.8 Å². The maximum Gasteiger partial charge on any atom is 0.257 e. The van der Waals surface area contributed by atoms with Gasteiger partial charge in [-0.05, 0) is 38.1 Å². The highest BCUT2D eigenvalue weighted by Crippen LogP contribution is 2.23. The molecule has 0 aliphatic carbocycles. The number of hydrogen-bond acceptors (Lipinski definition) is 6. The number of β-amino-alcohol motifs (C(OH)–C–C–N with tert-alkyl or cyclic N) is 1. The molecule has 6 nitrogen and oxygen atoms in total. The summed E-state index contributed by atoms with van der Waals surface area (Å²) < 4.78 is 5.24. The van der Waals surface area contributed by atoms with Gasteiger partial charge in [-0.25, -0.2) is 0 Å². The van der Waals surface area contributed by atoms with Crippen LogP contribution in [0.1, 0.15) is 23.9 Å². The van der Waals surface area contributed by atoms with Crippen LogP contribution in [0.3, 0.4) is 0 Å². The monoisotopic (exact) mass is 302 g/mol. The van der Waals surface area contributed by atoms with E-state index in [-0.39, 0.29) is 12.1 Å². The number of aliphatic hydroxyl groups excluding tert-OH is 1. The summed E-state index contributed by atoms with van der Waals surface area (Å²) in [7, 11) is 1.96. The Hall–Kier alpha value is -1.76. The highest BCUT2D eigenvalue weighted by Gasteiger charge is 2.23. The second-order valence-corrected chi connectivity index (χ2v) is 5.82. The van der Waals surface area contributed by atoms with E-state index in [1.807, 2.05) is 26.1 Å². The number of aliphatic hydroxyl groups is 1. The molecule has 0 bridgehead atoms. The van der Waals surface area contributed by atoms with Crippen molar-refractivity contribution in [3.63, 3.8) is 0 Å². The molecule has 1 aromatic carbocycles. The van der Waals surface area contributed by atoms with Crippen molar-refractivity contribution in [1.82, 2.24) is 20.4 Å². The Morgan fingerprint density at radius 1 is 1.50 bits per heavy atom. The highest BCUT2D eigenvalue weighted by molar-refractivity contribution is 5.54. The molecular weight excluding hydrogens is 280 g/mol. The molecule has 1 saturated heterocycles. The topological polar surface area (TPSA) is 74.4 Å². The molecule has 2 aromatic rings. The van der Waals surface area contributed by atoms with Crippen LogP contribution < -0.4 is 5.32 Å². The summed E-state index contributed by atoms with van der Waals surface area (Å²) in [4.78, 5) is 6.57. The normalized spacial score (nSPS) is 20.4. The lowest BCUT2D eigenvalue weighted by Gasteiger charge is -2.23. The fraction of sp³-hybridized carbons (Fsp3) is 0.500. The molecule has 1 aliphatic heterocycles. The minimum Gasteiger partial charge on any atom is -0.392 e. The van der Waals surface area contributed by atoms with Gasteiger partial charge in [-0.1, -0.05) is 17.3 Å². The van der Waals surface area contributed by atoms with Gasteiger partial charge in [0.2, 0.25) is 0 Å². The van der Waals surface area contributed by atoms with E-state index in [0.29, 0.717) is 11.7 Å². The van der Waals surface area contributed by atoms with E-state index in [2.05, 4.69) is 32.5 Å². The van der Waals surface area contributed by atoms with Crippen molar-refractivity contribution < 1.29 is 9.63 Å². The van der Waals surface area contributed by atoms with Gasteiger partial charge in [0, 0.05) is 31.2 Å². The zero-order valence-electron chi connectivity index (χ0n) is 13.0. The van der Waals surface area contributed by atoms with Crippen molar-refractivity contribution in [3.05, 3.63) is 35.7 Å². The summed E-state index contributed by atoms with van der Waals surface area (Å²) in [6.45, 7) is 4.38. The Morgan fingerprint density at radius 2 is 2.36 bits per heavy atom. The number of nitrogens with one attached hydrogen (secondary N) is 1. The average Bonchev–Trinajstić information content (AvgIpc) is 3.13. The second kappa shape index (κ2) is 6.56.